The van der Waals surface area contributed by atoms with E-state index in [2.05, 4.69) is 34.3 Å². The maximum absolute atomic E-state index is 12.4. The highest BCUT2D eigenvalue weighted by atomic mass is 35.5. The van der Waals surface area contributed by atoms with Gasteiger partial charge in [-0.05, 0) is 76.9 Å². The van der Waals surface area contributed by atoms with Gasteiger partial charge in [0, 0.05) is 30.5 Å². The molecule has 0 aromatic carbocycles. The highest BCUT2D eigenvalue weighted by Gasteiger charge is 2.24. The van der Waals surface area contributed by atoms with Crippen LogP contribution in [-0.2, 0) is 0 Å². The summed E-state index contributed by atoms with van der Waals surface area (Å²) in [6.07, 6.45) is 7.77. The minimum atomic E-state index is -0.0320. The molecule has 0 amide bonds. The lowest BCUT2D eigenvalue weighted by Gasteiger charge is -2.31. The van der Waals surface area contributed by atoms with Gasteiger partial charge in [0.1, 0.15) is 17.3 Å². The van der Waals surface area contributed by atoms with Crippen LogP contribution in [0.4, 0.5) is 5.69 Å². The number of anilines is 1. The molecule has 0 spiro atoms. The Labute approximate surface area is 212 Å². The summed E-state index contributed by atoms with van der Waals surface area (Å²) in [5, 5.41) is 12.6. The van der Waals surface area contributed by atoms with E-state index in [1.165, 1.54) is 12.8 Å². The number of nitriles is 1. The molecule has 0 unspecified atom stereocenters. The summed E-state index contributed by atoms with van der Waals surface area (Å²) in [7, 11) is 4.25. The maximum Gasteiger partial charge on any atom is 0.163 e. The number of pyridine rings is 3. The van der Waals surface area contributed by atoms with E-state index in [1.54, 1.807) is 25.4 Å². The van der Waals surface area contributed by atoms with Crippen LogP contribution in [0.15, 0.2) is 36.7 Å². The van der Waals surface area contributed by atoms with Gasteiger partial charge in [-0.15, -0.1) is 24.8 Å². The van der Waals surface area contributed by atoms with E-state index in [9.17, 15) is 4.79 Å². The summed E-state index contributed by atoms with van der Waals surface area (Å²) < 4.78 is 0. The number of nitrogens with zero attached hydrogens (tertiary/aromatic N) is 5. The van der Waals surface area contributed by atoms with Gasteiger partial charge in [0.05, 0.1) is 22.5 Å². The van der Waals surface area contributed by atoms with E-state index in [4.69, 9.17) is 10.2 Å². The van der Waals surface area contributed by atoms with Gasteiger partial charge in [-0.25, -0.2) is 9.97 Å². The molecule has 1 aliphatic carbocycles. The molecule has 7 nitrogen and oxygen atoms in total. The van der Waals surface area contributed by atoms with Gasteiger partial charge in [-0.1, -0.05) is 0 Å². The zero-order valence-corrected chi connectivity index (χ0v) is 21.2. The Hall–Kier alpha value is -2.79. The van der Waals surface area contributed by atoms with Crippen LogP contribution in [0.2, 0.25) is 0 Å². The summed E-state index contributed by atoms with van der Waals surface area (Å²) in [6.45, 7) is 2.68. The lowest BCUT2D eigenvalue weighted by molar-refractivity contribution is 0.101. The first-order valence-electron chi connectivity index (χ1n) is 11.0. The summed E-state index contributed by atoms with van der Waals surface area (Å²) in [5.74, 6) is 0.688. The van der Waals surface area contributed by atoms with Crippen molar-refractivity contribution >= 4 is 47.3 Å². The van der Waals surface area contributed by atoms with E-state index in [-0.39, 0.29) is 30.6 Å². The van der Waals surface area contributed by atoms with Gasteiger partial charge in [0.15, 0.2) is 5.78 Å². The number of fused-ring (bicyclic) bond motifs is 1. The lowest BCUT2D eigenvalue weighted by Crippen LogP contribution is -2.31. The number of hydrogen-bond donors (Lipinski definition) is 1. The first-order valence-corrected chi connectivity index (χ1v) is 11.0. The maximum atomic E-state index is 12.4. The number of carbonyl (C=O) groups excluding carboxylic acids is 1. The molecule has 0 saturated heterocycles. The van der Waals surface area contributed by atoms with Crippen LogP contribution in [0.3, 0.4) is 0 Å². The van der Waals surface area contributed by atoms with Crippen LogP contribution < -0.4 is 5.32 Å². The standard InChI is InChI=1S/C25H28N6O.2ClH/c1-16(32)21-14-28-23-11-10-22(18-6-9-20(12-26)27-13-18)30-25(23)24(21)29-19-7-4-17(5-8-19)15-31(2)3;;/h6,9-11,13-14,17,19H,4-5,7-8,15H2,1-3H3,(H,28,29);2*1H. The Morgan fingerprint density at radius 3 is 2.41 bits per heavy atom. The summed E-state index contributed by atoms with van der Waals surface area (Å²) in [6, 6.07) is 9.65. The first-order chi connectivity index (χ1) is 15.4. The average molecular weight is 501 g/mol. The number of carbonyl (C=O) groups is 1. The number of Topliss-reactive ketones (excluding diaryl/α,β-unsaturated/α-hetero) is 1. The van der Waals surface area contributed by atoms with Gasteiger partial charge >= 0.3 is 0 Å². The molecular weight excluding hydrogens is 471 g/mol. The number of rotatable bonds is 6. The Balaban J connectivity index is 0.00000204. The van der Waals surface area contributed by atoms with Crippen molar-refractivity contribution in [3.63, 3.8) is 0 Å². The third-order valence-corrected chi connectivity index (χ3v) is 6.08. The van der Waals surface area contributed by atoms with Crippen molar-refractivity contribution in [1.82, 2.24) is 19.9 Å². The van der Waals surface area contributed by atoms with Crippen molar-refractivity contribution in [2.24, 2.45) is 5.92 Å². The minimum Gasteiger partial charge on any atom is -0.380 e. The van der Waals surface area contributed by atoms with Crippen molar-refractivity contribution in [3.05, 3.63) is 47.9 Å². The van der Waals surface area contributed by atoms with Gasteiger partial charge in [0.2, 0.25) is 0 Å². The third-order valence-electron chi connectivity index (χ3n) is 6.08. The highest BCUT2D eigenvalue weighted by molar-refractivity contribution is 6.06. The van der Waals surface area contributed by atoms with Crippen LogP contribution in [0.1, 0.15) is 48.7 Å². The molecule has 0 radical (unpaired) electrons. The van der Waals surface area contributed by atoms with Crippen LogP contribution in [0.25, 0.3) is 22.3 Å². The Morgan fingerprint density at radius 2 is 1.82 bits per heavy atom. The molecule has 1 saturated carbocycles. The Kier molecular flexibility index (Phi) is 9.75. The van der Waals surface area contributed by atoms with Crippen LogP contribution in [0, 0.1) is 17.2 Å². The van der Waals surface area contributed by atoms with Gasteiger partial charge in [0.25, 0.3) is 0 Å². The van der Waals surface area contributed by atoms with E-state index in [0.29, 0.717) is 22.8 Å². The minimum absolute atomic E-state index is 0. The van der Waals surface area contributed by atoms with Gasteiger partial charge in [-0.3, -0.25) is 9.78 Å². The van der Waals surface area contributed by atoms with Crippen LogP contribution in [0.5, 0.6) is 0 Å². The molecule has 0 bridgehead atoms. The molecule has 180 valence electrons. The average Bonchev–Trinajstić information content (AvgIpc) is 2.79. The third kappa shape index (κ3) is 6.20. The molecule has 9 heteroatoms. The van der Waals surface area contributed by atoms with Crippen LogP contribution in [-0.4, -0.2) is 52.3 Å². The van der Waals surface area contributed by atoms with E-state index in [0.717, 1.165) is 47.8 Å². The zero-order valence-electron chi connectivity index (χ0n) is 19.6. The summed E-state index contributed by atoms with van der Waals surface area (Å²) >= 11 is 0. The highest BCUT2D eigenvalue weighted by Crippen LogP contribution is 2.32. The molecule has 3 heterocycles. The molecule has 1 N–H and O–H groups in total. The molecule has 3 aromatic heterocycles. The molecule has 1 fully saturated rings. The van der Waals surface area contributed by atoms with Crippen LogP contribution >= 0.6 is 24.8 Å². The van der Waals surface area contributed by atoms with Gasteiger partial charge < -0.3 is 10.2 Å². The normalized spacial score (nSPS) is 17.4. The Bertz CT molecular complexity index is 1170. The quantitative estimate of drug-likeness (QED) is 0.467. The fraction of sp³-hybridized carbons (Fsp3) is 0.400. The fourth-order valence-corrected chi connectivity index (χ4v) is 4.46. The number of hydrogen-bond acceptors (Lipinski definition) is 7. The van der Waals surface area contributed by atoms with Crippen molar-refractivity contribution in [1.29, 1.82) is 5.26 Å². The number of ketones is 1. The first kappa shape index (κ1) is 27.5. The predicted octanol–water partition coefficient (Wildman–Crippen LogP) is 5.14. The second-order valence-electron chi connectivity index (χ2n) is 8.84. The monoisotopic (exact) mass is 500 g/mol. The topological polar surface area (TPSA) is 94.8 Å². The number of halogens is 2. The van der Waals surface area contributed by atoms with E-state index in [1.807, 2.05) is 24.3 Å². The van der Waals surface area contributed by atoms with E-state index < -0.39 is 0 Å². The molecule has 34 heavy (non-hydrogen) atoms. The second-order valence-corrected chi connectivity index (χ2v) is 8.84. The number of nitrogens with one attached hydrogen (secondary N) is 1. The fourth-order valence-electron chi connectivity index (χ4n) is 4.46. The van der Waals surface area contributed by atoms with E-state index >= 15 is 0 Å². The number of aromatic nitrogens is 3. The summed E-state index contributed by atoms with van der Waals surface area (Å²) in [4.78, 5) is 28.1. The second kappa shape index (κ2) is 12.1. The molecule has 4 rings (SSSR count). The van der Waals surface area contributed by atoms with Crippen molar-refractivity contribution in [3.8, 4) is 17.3 Å². The SMILES string of the molecule is CC(=O)c1cnc2ccc(-c3ccc(C#N)nc3)nc2c1NC1CCC(CN(C)C)CC1.Cl.Cl. The molecular formula is C25H30Cl2N6O. The predicted molar refractivity (Wildman–Crippen MR) is 140 cm³/mol. The molecule has 0 aliphatic heterocycles. The molecule has 1 aliphatic rings. The Morgan fingerprint density at radius 1 is 1.09 bits per heavy atom. The van der Waals surface area contributed by atoms with Crippen molar-refractivity contribution in [2.45, 2.75) is 38.6 Å². The van der Waals surface area contributed by atoms with Crippen molar-refractivity contribution in [2.75, 3.05) is 26.0 Å². The lowest BCUT2D eigenvalue weighted by atomic mass is 9.85. The summed E-state index contributed by atoms with van der Waals surface area (Å²) in [5.41, 5.74) is 4.67. The molecule has 0 atom stereocenters. The smallest absolute Gasteiger partial charge is 0.163 e. The van der Waals surface area contributed by atoms with Gasteiger partial charge in [-0.2, -0.15) is 5.26 Å². The molecule has 3 aromatic rings. The largest absolute Gasteiger partial charge is 0.380 e. The zero-order chi connectivity index (χ0) is 22.7. The van der Waals surface area contributed by atoms with Crippen molar-refractivity contribution < 1.29 is 4.79 Å².